The Kier molecular flexibility index (Phi) is 4.63. The smallest absolute Gasteiger partial charge is 0.0343 e. The summed E-state index contributed by atoms with van der Waals surface area (Å²) in [6.45, 7) is 4.51. The van der Waals surface area contributed by atoms with Gasteiger partial charge >= 0.3 is 0 Å². The Labute approximate surface area is 95.0 Å². The summed E-state index contributed by atoms with van der Waals surface area (Å²) in [5, 5.41) is 3.38. The highest BCUT2D eigenvalue weighted by Crippen LogP contribution is 2.25. The maximum absolute atomic E-state index is 3.50. The molecular formula is C12H18BrN. The van der Waals surface area contributed by atoms with Crippen molar-refractivity contribution in [2.45, 2.75) is 26.3 Å². The van der Waals surface area contributed by atoms with E-state index in [0.29, 0.717) is 12.0 Å². The van der Waals surface area contributed by atoms with Crippen LogP contribution in [-0.2, 0) is 0 Å². The van der Waals surface area contributed by atoms with E-state index in [9.17, 15) is 0 Å². The van der Waals surface area contributed by atoms with Crippen molar-refractivity contribution >= 4 is 15.9 Å². The van der Waals surface area contributed by atoms with Crippen LogP contribution in [0.5, 0.6) is 0 Å². The van der Waals surface area contributed by atoms with Gasteiger partial charge in [0.25, 0.3) is 0 Å². The molecule has 0 aromatic heterocycles. The van der Waals surface area contributed by atoms with E-state index >= 15 is 0 Å². The Morgan fingerprint density at radius 2 is 2.14 bits per heavy atom. The molecule has 78 valence electrons. The van der Waals surface area contributed by atoms with Crippen molar-refractivity contribution in [3.63, 3.8) is 0 Å². The van der Waals surface area contributed by atoms with Gasteiger partial charge in [-0.15, -0.1) is 0 Å². The minimum atomic E-state index is 0.456. The fraction of sp³-hybridized carbons (Fsp3) is 0.500. The van der Waals surface area contributed by atoms with Crippen LogP contribution in [0.15, 0.2) is 28.7 Å². The fourth-order valence-electron chi connectivity index (χ4n) is 1.72. The minimum absolute atomic E-state index is 0.456. The van der Waals surface area contributed by atoms with Crippen molar-refractivity contribution in [2.24, 2.45) is 5.92 Å². The molecule has 0 aliphatic heterocycles. The van der Waals surface area contributed by atoms with Gasteiger partial charge in [-0.3, -0.25) is 0 Å². The highest BCUT2D eigenvalue weighted by atomic mass is 79.9. The van der Waals surface area contributed by atoms with Gasteiger partial charge in [-0.05, 0) is 30.7 Å². The second kappa shape index (κ2) is 5.52. The summed E-state index contributed by atoms with van der Waals surface area (Å²) in [5.41, 5.74) is 1.36. The first-order valence-electron chi connectivity index (χ1n) is 5.11. The first-order chi connectivity index (χ1) is 6.69. The van der Waals surface area contributed by atoms with Gasteiger partial charge in [0.2, 0.25) is 0 Å². The molecule has 1 N–H and O–H groups in total. The van der Waals surface area contributed by atoms with Gasteiger partial charge < -0.3 is 5.32 Å². The monoisotopic (exact) mass is 255 g/mol. The third kappa shape index (κ3) is 2.82. The lowest BCUT2D eigenvalue weighted by Crippen LogP contribution is -2.22. The summed E-state index contributed by atoms with van der Waals surface area (Å²) >= 11 is 3.50. The number of hydrogen-bond donors (Lipinski definition) is 1. The van der Waals surface area contributed by atoms with Crippen molar-refractivity contribution in [2.75, 3.05) is 7.05 Å². The van der Waals surface area contributed by atoms with Gasteiger partial charge in [-0.25, -0.2) is 0 Å². The molecule has 2 unspecified atom stereocenters. The highest BCUT2D eigenvalue weighted by Gasteiger charge is 2.15. The van der Waals surface area contributed by atoms with E-state index in [-0.39, 0.29) is 0 Å². The topological polar surface area (TPSA) is 12.0 Å². The van der Waals surface area contributed by atoms with Gasteiger partial charge in [0.1, 0.15) is 0 Å². The molecule has 1 aromatic rings. The number of halogens is 1. The molecule has 0 aliphatic carbocycles. The van der Waals surface area contributed by atoms with Crippen LogP contribution >= 0.6 is 15.9 Å². The molecule has 0 bridgehead atoms. The van der Waals surface area contributed by atoms with Crippen LogP contribution in [0.4, 0.5) is 0 Å². The van der Waals surface area contributed by atoms with Gasteiger partial charge in [-0.1, -0.05) is 48.3 Å². The molecule has 2 heteroatoms. The van der Waals surface area contributed by atoms with Crippen molar-refractivity contribution in [3.05, 3.63) is 34.3 Å². The number of nitrogens with one attached hydrogen (secondary N) is 1. The quantitative estimate of drug-likeness (QED) is 0.864. The molecular weight excluding hydrogens is 238 g/mol. The third-order valence-electron chi connectivity index (χ3n) is 2.73. The third-order valence-corrected chi connectivity index (χ3v) is 3.23. The molecule has 0 amide bonds. The van der Waals surface area contributed by atoms with E-state index in [1.54, 1.807) is 0 Å². The summed E-state index contributed by atoms with van der Waals surface area (Å²) in [5.74, 6) is 0.661. The molecule has 0 heterocycles. The molecule has 1 aromatic carbocycles. The Morgan fingerprint density at radius 1 is 1.43 bits per heavy atom. The van der Waals surface area contributed by atoms with E-state index in [1.165, 1.54) is 12.0 Å². The van der Waals surface area contributed by atoms with Gasteiger partial charge in [0.05, 0.1) is 0 Å². The standard InChI is InChI=1S/C12H18BrN/c1-4-9(2)12(14-3)10-6-5-7-11(13)8-10/h5-9,12,14H,4H2,1-3H3. The van der Waals surface area contributed by atoms with E-state index in [4.69, 9.17) is 0 Å². The average Bonchev–Trinajstić information content (AvgIpc) is 2.19. The Bertz CT molecular complexity index is 285. The van der Waals surface area contributed by atoms with E-state index in [0.717, 1.165) is 4.47 Å². The second-order valence-electron chi connectivity index (χ2n) is 3.71. The predicted octanol–water partition coefficient (Wildman–Crippen LogP) is 3.76. The van der Waals surface area contributed by atoms with Gasteiger partial charge in [-0.2, -0.15) is 0 Å². The van der Waals surface area contributed by atoms with Crippen molar-refractivity contribution in [1.29, 1.82) is 0 Å². The lowest BCUT2D eigenvalue weighted by molar-refractivity contribution is 0.400. The molecule has 1 nitrogen and oxygen atoms in total. The minimum Gasteiger partial charge on any atom is -0.313 e. The summed E-state index contributed by atoms with van der Waals surface area (Å²) < 4.78 is 1.15. The molecule has 0 aliphatic rings. The van der Waals surface area contributed by atoms with Crippen molar-refractivity contribution < 1.29 is 0 Å². The molecule has 14 heavy (non-hydrogen) atoms. The summed E-state index contributed by atoms with van der Waals surface area (Å²) in [7, 11) is 2.03. The van der Waals surface area contributed by atoms with Crippen LogP contribution in [0.1, 0.15) is 31.9 Å². The van der Waals surface area contributed by atoms with Crippen LogP contribution in [0.2, 0.25) is 0 Å². The Morgan fingerprint density at radius 3 is 2.64 bits per heavy atom. The molecule has 0 saturated heterocycles. The molecule has 0 fully saturated rings. The summed E-state index contributed by atoms with van der Waals surface area (Å²) in [6, 6.07) is 8.97. The van der Waals surface area contributed by atoms with Crippen molar-refractivity contribution in [1.82, 2.24) is 5.32 Å². The maximum Gasteiger partial charge on any atom is 0.0343 e. The van der Waals surface area contributed by atoms with E-state index in [2.05, 4.69) is 59.4 Å². The molecule has 0 spiro atoms. The Hall–Kier alpha value is -0.340. The zero-order valence-electron chi connectivity index (χ0n) is 9.05. The fourth-order valence-corrected chi connectivity index (χ4v) is 2.13. The van der Waals surface area contributed by atoms with E-state index < -0.39 is 0 Å². The largest absolute Gasteiger partial charge is 0.313 e. The molecule has 0 saturated carbocycles. The van der Waals surface area contributed by atoms with Gasteiger partial charge in [0.15, 0.2) is 0 Å². The molecule has 0 radical (unpaired) electrons. The maximum atomic E-state index is 3.50. The summed E-state index contributed by atoms with van der Waals surface area (Å²) in [4.78, 5) is 0. The lowest BCUT2D eigenvalue weighted by Gasteiger charge is -2.23. The summed E-state index contributed by atoms with van der Waals surface area (Å²) in [6.07, 6.45) is 1.19. The number of hydrogen-bond acceptors (Lipinski definition) is 1. The zero-order valence-corrected chi connectivity index (χ0v) is 10.6. The first-order valence-corrected chi connectivity index (χ1v) is 5.91. The van der Waals surface area contributed by atoms with Crippen LogP contribution in [0, 0.1) is 5.92 Å². The second-order valence-corrected chi connectivity index (χ2v) is 4.62. The molecule has 1 rings (SSSR count). The number of rotatable bonds is 4. The first kappa shape index (κ1) is 11.7. The van der Waals surface area contributed by atoms with Crippen LogP contribution < -0.4 is 5.32 Å². The SMILES string of the molecule is CCC(C)C(NC)c1cccc(Br)c1. The Balaban J connectivity index is 2.89. The lowest BCUT2D eigenvalue weighted by atomic mass is 9.93. The highest BCUT2D eigenvalue weighted by molar-refractivity contribution is 9.10. The molecule has 2 atom stereocenters. The van der Waals surface area contributed by atoms with Crippen LogP contribution in [0.25, 0.3) is 0 Å². The van der Waals surface area contributed by atoms with Crippen molar-refractivity contribution in [3.8, 4) is 0 Å². The van der Waals surface area contributed by atoms with E-state index in [1.807, 2.05) is 7.05 Å². The predicted molar refractivity (Wildman–Crippen MR) is 65.4 cm³/mol. The zero-order chi connectivity index (χ0) is 10.6. The normalized spacial score (nSPS) is 15.1. The average molecular weight is 256 g/mol. The van der Waals surface area contributed by atoms with Crippen LogP contribution in [0.3, 0.4) is 0 Å². The van der Waals surface area contributed by atoms with Crippen LogP contribution in [-0.4, -0.2) is 7.05 Å². The van der Waals surface area contributed by atoms with Gasteiger partial charge in [0, 0.05) is 10.5 Å². The number of benzene rings is 1.